The molecule has 2 aliphatic carbocycles. The second-order valence-corrected chi connectivity index (χ2v) is 9.07. The van der Waals surface area contributed by atoms with Gasteiger partial charge in [0.1, 0.15) is 11.6 Å². The molecule has 0 amide bonds. The molecule has 0 aliphatic heterocycles. The van der Waals surface area contributed by atoms with E-state index in [0.29, 0.717) is 9.13 Å². The van der Waals surface area contributed by atoms with Gasteiger partial charge in [0.05, 0.1) is 11.1 Å². The van der Waals surface area contributed by atoms with Gasteiger partial charge in [-0.1, -0.05) is 6.07 Å². The molecule has 28 heavy (non-hydrogen) atoms. The van der Waals surface area contributed by atoms with E-state index in [1.807, 2.05) is 22.6 Å². The molecule has 0 radical (unpaired) electrons. The molecule has 0 aromatic heterocycles. The Morgan fingerprint density at radius 3 is 1.82 bits per heavy atom. The lowest BCUT2D eigenvalue weighted by Crippen LogP contribution is -2.26. The zero-order valence-corrected chi connectivity index (χ0v) is 17.1. The minimum Gasteiger partial charge on any atom is -0.206 e. The second-order valence-electron chi connectivity index (χ2n) is 7.83. The lowest BCUT2D eigenvalue weighted by Gasteiger charge is -2.24. The maximum Gasteiger partial charge on any atom is 0.279 e. The highest BCUT2D eigenvalue weighted by Gasteiger charge is 2.53. The predicted molar refractivity (Wildman–Crippen MR) is 102 cm³/mol. The Morgan fingerprint density at radius 1 is 0.821 bits per heavy atom. The van der Waals surface area contributed by atoms with E-state index in [4.69, 9.17) is 0 Å². The van der Waals surface area contributed by atoms with Gasteiger partial charge in [0.2, 0.25) is 0 Å². The maximum atomic E-state index is 14.8. The van der Waals surface area contributed by atoms with Gasteiger partial charge in [-0.25, -0.2) is 26.3 Å². The fourth-order valence-corrected chi connectivity index (χ4v) is 5.32. The van der Waals surface area contributed by atoms with Gasteiger partial charge in [-0.2, -0.15) is 0 Å². The van der Waals surface area contributed by atoms with Crippen molar-refractivity contribution in [3.63, 3.8) is 0 Å². The lowest BCUT2D eigenvalue weighted by atomic mass is 9.89. The number of fused-ring (bicyclic) bond motifs is 2. The Hall–Kier alpha value is -1.25. The van der Waals surface area contributed by atoms with Gasteiger partial charge in [0.25, 0.3) is 11.8 Å². The van der Waals surface area contributed by atoms with E-state index in [1.165, 1.54) is 12.1 Å². The van der Waals surface area contributed by atoms with Crippen LogP contribution in [0.5, 0.6) is 0 Å². The molecular formula is C21H17F6I. The highest BCUT2D eigenvalue weighted by atomic mass is 127. The fourth-order valence-electron chi connectivity index (χ4n) is 4.67. The summed E-state index contributed by atoms with van der Waals surface area (Å²) in [6, 6.07) is 5.18. The molecule has 0 saturated heterocycles. The third-order valence-corrected chi connectivity index (χ3v) is 6.56. The monoisotopic (exact) mass is 510 g/mol. The average Bonchev–Trinajstić information content (AvgIpc) is 2.94. The summed E-state index contributed by atoms with van der Waals surface area (Å²) in [7, 11) is 0. The van der Waals surface area contributed by atoms with Crippen molar-refractivity contribution in [2.45, 2.75) is 44.5 Å². The van der Waals surface area contributed by atoms with Crippen LogP contribution in [-0.4, -0.2) is 0 Å². The van der Waals surface area contributed by atoms with E-state index in [2.05, 4.69) is 0 Å². The molecule has 4 rings (SSSR count). The summed E-state index contributed by atoms with van der Waals surface area (Å²) in [4.78, 5) is 0. The van der Waals surface area contributed by atoms with Crippen LogP contribution < -0.4 is 0 Å². The first kappa shape index (κ1) is 20.0. The summed E-state index contributed by atoms with van der Waals surface area (Å²) in [5, 5.41) is 0. The van der Waals surface area contributed by atoms with Crippen LogP contribution >= 0.6 is 22.6 Å². The minimum absolute atomic E-state index is 0.0432. The van der Waals surface area contributed by atoms with Crippen LogP contribution in [-0.2, 0) is 24.7 Å². The van der Waals surface area contributed by atoms with Gasteiger partial charge in [-0.3, -0.25) is 0 Å². The van der Waals surface area contributed by atoms with Crippen LogP contribution in [0.15, 0.2) is 24.3 Å². The molecule has 2 aliphatic rings. The number of hydrogen-bond donors (Lipinski definition) is 0. The van der Waals surface area contributed by atoms with Gasteiger partial charge in [0, 0.05) is 15.4 Å². The van der Waals surface area contributed by atoms with Crippen LogP contribution in [0.1, 0.15) is 40.7 Å². The van der Waals surface area contributed by atoms with Crippen LogP contribution in [0.4, 0.5) is 26.3 Å². The average molecular weight is 510 g/mol. The van der Waals surface area contributed by atoms with Crippen LogP contribution in [0.3, 0.4) is 0 Å². The van der Waals surface area contributed by atoms with Crippen molar-refractivity contribution in [3.05, 3.63) is 67.3 Å². The molecule has 0 heterocycles. The van der Waals surface area contributed by atoms with Crippen molar-refractivity contribution in [3.8, 4) is 0 Å². The Balaban J connectivity index is 1.55. The van der Waals surface area contributed by atoms with Gasteiger partial charge in [-0.05, 0) is 90.1 Å². The van der Waals surface area contributed by atoms with Gasteiger partial charge in [-0.15, -0.1) is 0 Å². The summed E-state index contributed by atoms with van der Waals surface area (Å²) in [6.07, 6.45) is -0.438. The molecule has 0 nitrogen and oxygen atoms in total. The Kier molecular flexibility index (Phi) is 4.75. The predicted octanol–water partition coefficient (Wildman–Crippen LogP) is 6.89. The van der Waals surface area contributed by atoms with Crippen molar-refractivity contribution in [2.24, 2.45) is 11.8 Å². The molecule has 0 fully saturated rings. The third-order valence-electron chi connectivity index (χ3n) is 5.94. The van der Waals surface area contributed by atoms with Crippen LogP contribution in [0.2, 0.25) is 0 Å². The smallest absolute Gasteiger partial charge is 0.206 e. The first-order valence-corrected chi connectivity index (χ1v) is 10.1. The molecule has 2 aromatic carbocycles. The normalized spacial score (nSPS) is 24.3. The second kappa shape index (κ2) is 6.64. The topological polar surface area (TPSA) is 0 Å². The van der Waals surface area contributed by atoms with Gasteiger partial charge in [0.15, 0.2) is 0 Å². The van der Waals surface area contributed by atoms with Crippen molar-refractivity contribution >= 4 is 22.6 Å². The first-order chi connectivity index (χ1) is 13.0. The number of benzene rings is 2. The molecule has 2 atom stereocenters. The largest absolute Gasteiger partial charge is 0.279 e. The molecule has 2 unspecified atom stereocenters. The molecule has 150 valence electrons. The van der Waals surface area contributed by atoms with Gasteiger partial charge >= 0.3 is 0 Å². The summed E-state index contributed by atoms with van der Waals surface area (Å²) in [5.74, 6) is -11.2. The number of alkyl halides is 4. The number of hydrogen-bond acceptors (Lipinski definition) is 0. The molecule has 7 heteroatoms. The van der Waals surface area contributed by atoms with Crippen molar-refractivity contribution < 1.29 is 26.3 Å². The van der Waals surface area contributed by atoms with Crippen LogP contribution in [0, 0.1) is 34.0 Å². The first-order valence-electron chi connectivity index (χ1n) is 9.05. The van der Waals surface area contributed by atoms with E-state index < -0.39 is 46.4 Å². The summed E-state index contributed by atoms with van der Waals surface area (Å²) >= 11 is 1.86. The number of rotatable bonds is 3. The minimum atomic E-state index is -3.40. The number of aryl methyl sites for hydroxylation is 1. The molecule has 2 aromatic rings. The van der Waals surface area contributed by atoms with Crippen molar-refractivity contribution in [2.75, 3.05) is 0 Å². The van der Waals surface area contributed by atoms with Gasteiger partial charge < -0.3 is 0 Å². The fraction of sp³-hybridized carbons (Fsp3) is 0.429. The van der Waals surface area contributed by atoms with Crippen molar-refractivity contribution in [1.29, 1.82) is 0 Å². The zero-order chi connectivity index (χ0) is 20.4. The summed E-state index contributed by atoms with van der Waals surface area (Å²) in [6.45, 7) is 1.63. The third kappa shape index (κ3) is 3.04. The number of halogens is 7. The van der Waals surface area contributed by atoms with E-state index in [0.717, 1.165) is 12.1 Å². The van der Waals surface area contributed by atoms with Crippen molar-refractivity contribution in [1.82, 2.24) is 0 Å². The zero-order valence-electron chi connectivity index (χ0n) is 14.9. The highest BCUT2D eigenvalue weighted by molar-refractivity contribution is 14.1. The quantitative estimate of drug-likeness (QED) is 0.312. The molecular weight excluding hydrogens is 493 g/mol. The van der Waals surface area contributed by atoms with E-state index in [1.54, 1.807) is 6.92 Å². The summed E-state index contributed by atoms with van der Waals surface area (Å²) in [5.41, 5.74) is -0.182. The molecule has 0 spiro atoms. The van der Waals surface area contributed by atoms with Crippen LogP contribution in [0.25, 0.3) is 0 Å². The Labute approximate surface area is 172 Å². The SMILES string of the molecule is Cc1cc(F)c2c(c1)CC(CCC1Cc3cc(I)cc(F)c3C1(F)F)C2(F)F. The molecule has 0 bridgehead atoms. The molecule has 0 N–H and O–H groups in total. The Morgan fingerprint density at radius 2 is 1.29 bits per heavy atom. The van der Waals surface area contributed by atoms with E-state index >= 15 is 0 Å². The van der Waals surface area contributed by atoms with E-state index in [-0.39, 0.29) is 36.8 Å². The molecule has 0 saturated carbocycles. The Bertz CT molecular complexity index is 875. The highest BCUT2D eigenvalue weighted by Crippen LogP contribution is 2.53. The van der Waals surface area contributed by atoms with E-state index in [9.17, 15) is 26.3 Å². The lowest BCUT2D eigenvalue weighted by molar-refractivity contribution is -0.0793. The maximum absolute atomic E-state index is 14.8. The standard InChI is InChI=1S/C21H17F6I/c1-10-4-11-6-13(20(24,25)18(11)16(22)5-10)2-3-14-7-12-8-15(28)9-17(23)19(12)21(14,26)27/h4-5,8-9,13-14H,2-3,6-7H2,1H3. The summed E-state index contributed by atoms with van der Waals surface area (Å²) < 4.78 is 87.7.